The Labute approximate surface area is 244 Å². The first-order chi connectivity index (χ1) is 20.3. The van der Waals surface area contributed by atoms with Gasteiger partial charge in [0.25, 0.3) is 0 Å². The maximum atomic E-state index is 5.45. The standard InChI is InChI=1S/C32H37N7OS/c1-2-4-24(5-3-1)21-39-28-9-7-26(19-25(28)20-36-39)37-31-30-27-8-6-23(18-29(27)41-32(30)35-22-34-31)10-11-33-12-13-38-14-16-40-17-15-38/h1-5,7,9,19-20,22-23,33H,6,8,10-18,21H2,(H,34,35,37). The number of ether oxygens (including phenoxy) is 1. The van der Waals surface area contributed by atoms with Crippen LogP contribution in [0.1, 0.15) is 28.8 Å². The predicted octanol–water partition coefficient (Wildman–Crippen LogP) is 5.25. The summed E-state index contributed by atoms with van der Waals surface area (Å²) in [7, 11) is 0. The molecule has 0 amide bonds. The number of rotatable bonds is 10. The molecule has 2 aromatic carbocycles. The van der Waals surface area contributed by atoms with Gasteiger partial charge in [-0.3, -0.25) is 9.58 Å². The van der Waals surface area contributed by atoms with Crippen LogP contribution in [0.25, 0.3) is 21.1 Å². The molecular weight excluding hydrogens is 530 g/mol. The zero-order valence-corrected chi connectivity index (χ0v) is 24.2. The molecule has 5 aromatic rings. The fourth-order valence-electron chi connectivity index (χ4n) is 6.20. The van der Waals surface area contributed by atoms with Gasteiger partial charge in [-0.05, 0) is 67.5 Å². The van der Waals surface area contributed by atoms with E-state index in [0.717, 1.165) is 98.5 Å². The highest BCUT2D eigenvalue weighted by atomic mass is 32.1. The van der Waals surface area contributed by atoms with Gasteiger partial charge in [0.15, 0.2) is 0 Å². The van der Waals surface area contributed by atoms with E-state index in [1.165, 1.54) is 34.2 Å². The third-order valence-corrected chi connectivity index (χ3v) is 9.63. The predicted molar refractivity (Wildman–Crippen MR) is 166 cm³/mol. The van der Waals surface area contributed by atoms with Crippen molar-refractivity contribution < 1.29 is 4.74 Å². The molecule has 1 aliphatic heterocycles. The Hall–Kier alpha value is -3.37. The average Bonchev–Trinajstić information content (AvgIpc) is 3.59. The summed E-state index contributed by atoms with van der Waals surface area (Å²) in [6.45, 7) is 7.90. The van der Waals surface area contributed by atoms with E-state index in [4.69, 9.17) is 9.72 Å². The quantitative estimate of drug-likeness (QED) is 0.223. The van der Waals surface area contributed by atoms with Gasteiger partial charge in [0, 0.05) is 42.1 Å². The number of benzene rings is 2. The third kappa shape index (κ3) is 5.99. The molecule has 9 heteroatoms. The summed E-state index contributed by atoms with van der Waals surface area (Å²) < 4.78 is 7.51. The number of nitrogens with one attached hydrogen (secondary N) is 2. The highest BCUT2D eigenvalue weighted by molar-refractivity contribution is 7.19. The topological polar surface area (TPSA) is 80.1 Å². The first-order valence-electron chi connectivity index (χ1n) is 14.8. The van der Waals surface area contributed by atoms with Gasteiger partial charge in [-0.1, -0.05) is 30.3 Å². The number of hydrogen-bond donors (Lipinski definition) is 2. The maximum absolute atomic E-state index is 5.45. The molecule has 0 radical (unpaired) electrons. The highest BCUT2D eigenvalue weighted by Gasteiger charge is 2.25. The van der Waals surface area contributed by atoms with E-state index < -0.39 is 0 Å². The number of anilines is 2. The van der Waals surface area contributed by atoms with Crippen molar-refractivity contribution in [2.75, 3.05) is 51.3 Å². The Morgan fingerprint density at radius 1 is 1.02 bits per heavy atom. The lowest BCUT2D eigenvalue weighted by molar-refractivity contribution is 0.0384. The molecule has 4 heterocycles. The Morgan fingerprint density at radius 2 is 1.93 bits per heavy atom. The van der Waals surface area contributed by atoms with Crippen molar-refractivity contribution in [1.82, 2.24) is 30.0 Å². The molecule has 1 unspecified atom stereocenters. The number of nitrogens with zero attached hydrogens (tertiary/aromatic N) is 5. The summed E-state index contributed by atoms with van der Waals surface area (Å²) in [6, 6.07) is 16.9. The molecule has 0 saturated carbocycles. The largest absolute Gasteiger partial charge is 0.379 e. The van der Waals surface area contributed by atoms with E-state index in [-0.39, 0.29) is 0 Å². The number of morpholine rings is 1. The summed E-state index contributed by atoms with van der Waals surface area (Å²) in [5, 5.41) is 14.3. The van der Waals surface area contributed by atoms with Crippen LogP contribution in [0.15, 0.2) is 61.1 Å². The lowest BCUT2D eigenvalue weighted by atomic mass is 9.86. The van der Waals surface area contributed by atoms with Crippen LogP contribution in [0.5, 0.6) is 0 Å². The summed E-state index contributed by atoms with van der Waals surface area (Å²) >= 11 is 1.85. The maximum Gasteiger partial charge on any atom is 0.142 e. The molecule has 2 N–H and O–H groups in total. The minimum Gasteiger partial charge on any atom is -0.379 e. The number of hydrogen-bond acceptors (Lipinski definition) is 8. The van der Waals surface area contributed by atoms with Crippen LogP contribution in [0.3, 0.4) is 0 Å². The van der Waals surface area contributed by atoms with Crippen LogP contribution in [-0.2, 0) is 24.1 Å². The molecule has 7 rings (SSSR count). The van der Waals surface area contributed by atoms with E-state index in [2.05, 4.69) is 72.8 Å². The molecule has 1 aliphatic carbocycles. The van der Waals surface area contributed by atoms with Crippen LogP contribution in [0.4, 0.5) is 11.5 Å². The van der Waals surface area contributed by atoms with E-state index >= 15 is 0 Å². The number of thiophene rings is 1. The first-order valence-corrected chi connectivity index (χ1v) is 15.6. The van der Waals surface area contributed by atoms with Crippen LogP contribution < -0.4 is 10.6 Å². The summed E-state index contributed by atoms with van der Waals surface area (Å²) in [6.07, 6.45) is 8.34. The molecule has 3 aromatic heterocycles. The number of fused-ring (bicyclic) bond motifs is 4. The molecular formula is C32H37N7OS. The smallest absolute Gasteiger partial charge is 0.142 e. The van der Waals surface area contributed by atoms with Gasteiger partial charge in [-0.25, -0.2) is 9.97 Å². The summed E-state index contributed by atoms with van der Waals surface area (Å²) in [5.74, 6) is 1.64. The van der Waals surface area contributed by atoms with E-state index in [1.54, 1.807) is 6.33 Å². The molecule has 1 atom stereocenters. The second-order valence-corrected chi connectivity index (χ2v) is 12.3. The van der Waals surface area contributed by atoms with Crippen molar-refractivity contribution in [2.45, 2.75) is 32.2 Å². The van der Waals surface area contributed by atoms with Gasteiger partial charge in [0.1, 0.15) is 17.0 Å². The molecule has 8 nitrogen and oxygen atoms in total. The van der Waals surface area contributed by atoms with Gasteiger partial charge in [0.2, 0.25) is 0 Å². The first kappa shape index (κ1) is 26.5. The second-order valence-electron chi connectivity index (χ2n) is 11.2. The number of aromatic nitrogens is 4. The minimum atomic E-state index is 0.727. The SMILES string of the molecule is c1ccc(Cn2ncc3cc(Nc4ncnc5sc6c(c45)CCC(CCNCCN4CCOCC4)C6)ccc32)cc1. The zero-order valence-electron chi connectivity index (χ0n) is 23.4. The van der Waals surface area contributed by atoms with Crippen molar-refractivity contribution in [3.05, 3.63) is 77.1 Å². The van der Waals surface area contributed by atoms with Crippen LogP contribution >= 0.6 is 11.3 Å². The van der Waals surface area contributed by atoms with Crippen LogP contribution in [0, 0.1) is 5.92 Å². The molecule has 1 saturated heterocycles. The van der Waals surface area contributed by atoms with Gasteiger partial charge in [0.05, 0.1) is 36.9 Å². The summed E-state index contributed by atoms with van der Waals surface area (Å²) in [4.78, 5) is 14.4. The molecule has 1 fully saturated rings. The normalized spacial score (nSPS) is 17.7. The fraction of sp³-hybridized carbons (Fsp3) is 0.406. The van der Waals surface area contributed by atoms with Gasteiger partial charge >= 0.3 is 0 Å². The molecule has 41 heavy (non-hydrogen) atoms. The van der Waals surface area contributed by atoms with Crippen molar-refractivity contribution in [2.24, 2.45) is 5.92 Å². The molecule has 0 bridgehead atoms. The van der Waals surface area contributed by atoms with Crippen molar-refractivity contribution >= 4 is 44.0 Å². The van der Waals surface area contributed by atoms with Crippen molar-refractivity contribution in [3.8, 4) is 0 Å². The van der Waals surface area contributed by atoms with E-state index in [1.807, 2.05) is 23.6 Å². The van der Waals surface area contributed by atoms with Crippen LogP contribution in [-0.4, -0.2) is 70.6 Å². The Morgan fingerprint density at radius 3 is 2.83 bits per heavy atom. The molecule has 0 spiro atoms. The number of aryl methyl sites for hydroxylation is 1. The highest BCUT2D eigenvalue weighted by Crippen LogP contribution is 2.41. The van der Waals surface area contributed by atoms with Gasteiger partial charge < -0.3 is 15.4 Å². The van der Waals surface area contributed by atoms with Gasteiger partial charge in [-0.2, -0.15) is 5.10 Å². The molecule has 212 valence electrons. The summed E-state index contributed by atoms with van der Waals surface area (Å²) in [5.41, 5.74) is 4.84. The monoisotopic (exact) mass is 567 g/mol. The fourth-order valence-corrected chi connectivity index (χ4v) is 7.50. The Kier molecular flexibility index (Phi) is 7.92. The van der Waals surface area contributed by atoms with Crippen molar-refractivity contribution in [1.29, 1.82) is 0 Å². The van der Waals surface area contributed by atoms with Crippen LogP contribution in [0.2, 0.25) is 0 Å². The average molecular weight is 568 g/mol. The van der Waals surface area contributed by atoms with Crippen molar-refractivity contribution in [3.63, 3.8) is 0 Å². The second kappa shape index (κ2) is 12.2. The minimum absolute atomic E-state index is 0.727. The molecule has 2 aliphatic rings. The lowest BCUT2D eigenvalue weighted by Crippen LogP contribution is -2.40. The third-order valence-electron chi connectivity index (χ3n) is 8.46. The van der Waals surface area contributed by atoms with Gasteiger partial charge in [-0.15, -0.1) is 11.3 Å². The van der Waals surface area contributed by atoms with E-state index in [0.29, 0.717) is 0 Å². The lowest BCUT2D eigenvalue weighted by Gasteiger charge is -2.27. The van der Waals surface area contributed by atoms with E-state index in [9.17, 15) is 0 Å². The Bertz CT molecular complexity index is 1610. The zero-order chi connectivity index (χ0) is 27.4. The Balaban J connectivity index is 1.00.